The highest BCUT2D eigenvalue weighted by molar-refractivity contribution is 5.85. The minimum atomic E-state index is 0. The van der Waals surface area contributed by atoms with Gasteiger partial charge < -0.3 is 10.2 Å². The number of hydrogen-bond acceptors (Lipinski definition) is 3. The van der Waals surface area contributed by atoms with E-state index < -0.39 is 0 Å². The number of nitrogens with zero attached hydrogens (tertiary/aromatic N) is 2. The molecule has 0 spiro atoms. The highest BCUT2D eigenvalue weighted by Crippen LogP contribution is 2.25. The number of carbonyl (C=O) groups excluding carboxylic acids is 1. The molecule has 0 bridgehead atoms. The average molecular weight is 288 g/mol. The predicted molar refractivity (Wildman–Crippen MR) is 78.6 cm³/mol. The summed E-state index contributed by atoms with van der Waals surface area (Å²) in [7, 11) is 0. The molecule has 1 amide bonds. The Morgan fingerprint density at radius 1 is 1.16 bits per heavy atom. The molecule has 5 heteroatoms. The predicted octanol–water partition coefficient (Wildman–Crippen LogP) is 1.10. The Kier molecular flexibility index (Phi) is 5.09. The second-order valence-electron chi connectivity index (χ2n) is 6.11. The molecule has 0 aromatic heterocycles. The highest BCUT2D eigenvalue weighted by atomic mass is 35.5. The molecular weight excluding hydrogens is 262 g/mol. The summed E-state index contributed by atoms with van der Waals surface area (Å²) in [6.07, 6.45) is 4.80. The maximum absolute atomic E-state index is 12.6. The van der Waals surface area contributed by atoms with Gasteiger partial charge >= 0.3 is 0 Å². The van der Waals surface area contributed by atoms with Crippen LogP contribution in [-0.4, -0.2) is 60.5 Å². The van der Waals surface area contributed by atoms with E-state index in [1.54, 1.807) is 0 Å². The lowest BCUT2D eigenvalue weighted by atomic mass is 9.90. The molecule has 0 aromatic rings. The summed E-state index contributed by atoms with van der Waals surface area (Å²) < 4.78 is 0. The van der Waals surface area contributed by atoms with Gasteiger partial charge in [-0.2, -0.15) is 0 Å². The van der Waals surface area contributed by atoms with E-state index in [0.717, 1.165) is 39.0 Å². The molecule has 3 aliphatic rings. The van der Waals surface area contributed by atoms with E-state index in [0.29, 0.717) is 18.0 Å². The summed E-state index contributed by atoms with van der Waals surface area (Å²) in [5, 5.41) is 3.44. The molecule has 3 heterocycles. The van der Waals surface area contributed by atoms with Gasteiger partial charge in [0.2, 0.25) is 5.91 Å². The summed E-state index contributed by atoms with van der Waals surface area (Å²) >= 11 is 0. The highest BCUT2D eigenvalue weighted by Gasteiger charge is 2.36. The molecule has 3 atom stereocenters. The third-order valence-electron chi connectivity index (χ3n) is 4.98. The van der Waals surface area contributed by atoms with Crippen LogP contribution in [0.3, 0.4) is 0 Å². The first-order chi connectivity index (χ1) is 8.75. The number of halogens is 1. The van der Waals surface area contributed by atoms with Crippen LogP contribution in [0.1, 0.15) is 32.6 Å². The SMILES string of the molecule is CC1NCCCC1C(=O)N1CCN2CCCC2C1.Cl. The fourth-order valence-electron chi connectivity index (χ4n) is 3.81. The van der Waals surface area contributed by atoms with Crippen LogP contribution in [0.2, 0.25) is 0 Å². The second kappa shape index (κ2) is 6.42. The van der Waals surface area contributed by atoms with Crippen molar-refractivity contribution < 1.29 is 4.79 Å². The van der Waals surface area contributed by atoms with Crippen molar-refractivity contribution in [2.75, 3.05) is 32.7 Å². The molecule has 0 aromatic carbocycles. The molecule has 0 saturated carbocycles. The maximum Gasteiger partial charge on any atom is 0.227 e. The largest absolute Gasteiger partial charge is 0.340 e. The van der Waals surface area contributed by atoms with Gasteiger partial charge in [0.1, 0.15) is 0 Å². The topological polar surface area (TPSA) is 35.6 Å². The Balaban J connectivity index is 0.00000133. The Labute approximate surface area is 122 Å². The number of nitrogens with one attached hydrogen (secondary N) is 1. The van der Waals surface area contributed by atoms with Crippen LogP contribution >= 0.6 is 12.4 Å². The van der Waals surface area contributed by atoms with E-state index >= 15 is 0 Å². The minimum Gasteiger partial charge on any atom is -0.340 e. The first-order valence-corrected chi connectivity index (χ1v) is 7.52. The van der Waals surface area contributed by atoms with Crippen molar-refractivity contribution in [1.82, 2.24) is 15.1 Å². The van der Waals surface area contributed by atoms with E-state index in [4.69, 9.17) is 0 Å². The lowest BCUT2D eigenvalue weighted by Crippen LogP contribution is -2.56. The molecule has 3 unspecified atom stereocenters. The normalized spacial score (nSPS) is 35.6. The first kappa shape index (κ1) is 15.1. The van der Waals surface area contributed by atoms with Crippen LogP contribution in [0, 0.1) is 5.92 Å². The number of piperidine rings is 1. The van der Waals surface area contributed by atoms with Gasteiger partial charge in [-0.25, -0.2) is 0 Å². The summed E-state index contributed by atoms with van der Waals surface area (Å²) in [6.45, 7) is 7.48. The van der Waals surface area contributed by atoms with Crippen molar-refractivity contribution in [3.63, 3.8) is 0 Å². The summed E-state index contributed by atoms with van der Waals surface area (Å²) in [5.74, 6) is 0.618. The van der Waals surface area contributed by atoms with Crippen LogP contribution in [0.5, 0.6) is 0 Å². The Hall–Kier alpha value is -0.320. The third-order valence-corrected chi connectivity index (χ3v) is 4.98. The van der Waals surface area contributed by atoms with Crippen LogP contribution in [-0.2, 0) is 4.79 Å². The zero-order valence-electron chi connectivity index (χ0n) is 11.8. The summed E-state index contributed by atoms with van der Waals surface area (Å²) in [4.78, 5) is 17.3. The van der Waals surface area contributed by atoms with E-state index in [9.17, 15) is 4.79 Å². The molecule has 3 fully saturated rings. The quantitative estimate of drug-likeness (QED) is 0.785. The molecule has 110 valence electrons. The fourth-order valence-corrected chi connectivity index (χ4v) is 3.81. The number of hydrogen-bond donors (Lipinski definition) is 1. The average Bonchev–Trinajstić information content (AvgIpc) is 2.85. The van der Waals surface area contributed by atoms with Crippen molar-refractivity contribution in [2.24, 2.45) is 5.92 Å². The van der Waals surface area contributed by atoms with Crippen LogP contribution < -0.4 is 5.32 Å². The van der Waals surface area contributed by atoms with E-state index in [2.05, 4.69) is 22.0 Å². The monoisotopic (exact) mass is 287 g/mol. The minimum absolute atomic E-state index is 0. The van der Waals surface area contributed by atoms with Gasteiger partial charge in [0.15, 0.2) is 0 Å². The van der Waals surface area contributed by atoms with Gasteiger partial charge in [-0.3, -0.25) is 9.69 Å². The number of carbonyl (C=O) groups is 1. The maximum atomic E-state index is 12.6. The van der Waals surface area contributed by atoms with Gasteiger partial charge in [0, 0.05) is 31.7 Å². The molecule has 3 rings (SSSR count). The molecule has 3 aliphatic heterocycles. The first-order valence-electron chi connectivity index (χ1n) is 7.52. The number of piperazine rings is 1. The fraction of sp³-hybridized carbons (Fsp3) is 0.929. The number of amides is 1. The van der Waals surface area contributed by atoms with Gasteiger partial charge in [-0.1, -0.05) is 0 Å². The van der Waals surface area contributed by atoms with E-state index in [-0.39, 0.29) is 18.3 Å². The van der Waals surface area contributed by atoms with Crippen LogP contribution in [0.15, 0.2) is 0 Å². The standard InChI is InChI=1S/C14H25N3O.ClH/c1-11-13(5-2-6-15-11)14(18)17-9-8-16-7-3-4-12(16)10-17;/h11-13,15H,2-10H2,1H3;1H. The number of fused-ring (bicyclic) bond motifs is 1. The Morgan fingerprint density at radius 2 is 2.00 bits per heavy atom. The van der Waals surface area contributed by atoms with Crippen LogP contribution in [0.4, 0.5) is 0 Å². The second-order valence-corrected chi connectivity index (χ2v) is 6.11. The van der Waals surface area contributed by atoms with Gasteiger partial charge in [-0.15, -0.1) is 12.4 Å². The van der Waals surface area contributed by atoms with Crippen molar-refractivity contribution in [3.05, 3.63) is 0 Å². The van der Waals surface area contributed by atoms with Crippen LogP contribution in [0.25, 0.3) is 0 Å². The zero-order chi connectivity index (χ0) is 12.5. The van der Waals surface area contributed by atoms with Crippen molar-refractivity contribution in [3.8, 4) is 0 Å². The van der Waals surface area contributed by atoms with Crippen molar-refractivity contribution >= 4 is 18.3 Å². The Morgan fingerprint density at radius 3 is 2.79 bits per heavy atom. The smallest absolute Gasteiger partial charge is 0.227 e. The third kappa shape index (κ3) is 3.06. The summed E-state index contributed by atoms with van der Waals surface area (Å²) in [5.41, 5.74) is 0. The van der Waals surface area contributed by atoms with Gasteiger partial charge in [0.05, 0.1) is 5.92 Å². The summed E-state index contributed by atoms with van der Waals surface area (Å²) in [6, 6.07) is 1.00. The lowest BCUT2D eigenvalue weighted by Gasteiger charge is -2.40. The molecule has 19 heavy (non-hydrogen) atoms. The molecule has 4 nitrogen and oxygen atoms in total. The molecule has 0 aliphatic carbocycles. The Bertz CT molecular complexity index is 326. The van der Waals surface area contributed by atoms with Crippen molar-refractivity contribution in [1.29, 1.82) is 0 Å². The molecule has 1 N–H and O–H groups in total. The lowest BCUT2D eigenvalue weighted by molar-refractivity contribution is -0.139. The van der Waals surface area contributed by atoms with Gasteiger partial charge in [-0.05, 0) is 45.7 Å². The van der Waals surface area contributed by atoms with E-state index in [1.807, 2.05) is 0 Å². The molecular formula is C14H26ClN3O. The zero-order valence-corrected chi connectivity index (χ0v) is 12.6. The molecule has 3 saturated heterocycles. The van der Waals surface area contributed by atoms with E-state index in [1.165, 1.54) is 19.4 Å². The number of rotatable bonds is 1. The van der Waals surface area contributed by atoms with Crippen molar-refractivity contribution in [2.45, 2.75) is 44.7 Å². The van der Waals surface area contributed by atoms with Gasteiger partial charge in [0.25, 0.3) is 0 Å². The molecule has 0 radical (unpaired) electrons.